The maximum absolute atomic E-state index is 5.67. The van der Waals surface area contributed by atoms with Gasteiger partial charge >= 0.3 is 0 Å². The molecule has 1 aliphatic rings. The van der Waals surface area contributed by atoms with Crippen LogP contribution >= 0.6 is 0 Å². The first-order valence-electron chi connectivity index (χ1n) is 7.14. The smallest absolute Gasteiger partial charge is 0.164 e. The molecule has 0 unspecified atom stereocenters. The Morgan fingerprint density at radius 3 is 3.00 bits per heavy atom. The topological polar surface area (TPSA) is 58.4 Å². The van der Waals surface area contributed by atoms with Gasteiger partial charge in [0.25, 0.3) is 0 Å². The lowest BCUT2D eigenvalue weighted by molar-refractivity contribution is 0.0821. The first kappa shape index (κ1) is 13.9. The minimum Gasteiger partial charge on any atom is -0.493 e. The van der Waals surface area contributed by atoms with Crippen LogP contribution in [0.15, 0.2) is 18.2 Å². The molecule has 0 aliphatic carbocycles. The molecule has 0 spiro atoms. The maximum Gasteiger partial charge on any atom is 0.164 e. The summed E-state index contributed by atoms with van der Waals surface area (Å²) in [6.45, 7) is 4.72. The Morgan fingerprint density at radius 1 is 1.29 bits per heavy atom. The van der Waals surface area contributed by atoms with Gasteiger partial charge in [-0.1, -0.05) is 6.92 Å². The Hall–Kier alpha value is -2.08. The van der Waals surface area contributed by atoms with Crippen LogP contribution in [-0.4, -0.2) is 35.1 Å². The van der Waals surface area contributed by atoms with Gasteiger partial charge in [0.05, 0.1) is 20.3 Å². The van der Waals surface area contributed by atoms with Crippen molar-refractivity contribution in [3.8, 4) is 22.9 Å². The van der Waals surface area contributed by atoms with E-state index in [0.29, 0.717) is 25.6 Å². The zero-order valence-electron chi connectivity index (χ0n) is 12.3. The van der Waals surface area contributed by atoms with Crippen LogP contribution in [0, 0.1) is 0 Å². The molecule has 0 fully saturated rings. The Morgan fingerprint density at radius 2 is 2.19 bits per heavy atom. The number of ether oxygens (including phenoxy) is 3. The third-order valence-electron chi connectivity index (χ3n) is 3.40. The van der Waals surface area contributed by atoms with E-state index in [9.17, 15) is 0 Å². The van der Waals surface area contributed by atoms with E-state index in [1.807, 2.05) is 18.2 Å². The van der Waals surface area contributed by atoms with Gasteiger partial charge in [-0.3, -0.25) is 0 Å². The Kier molecular flexibility index (Phi) is 4.06. The summed E-state index contributed by atoms with van der Waals surface area (Å²) in [5, 5.41) is 8.45. The summed E-state index contributed by atoms with van der Waals surface area (Å²) in [6.07, 6.45) is 0.961. The van der Waals surface area contributed by atoms with Crippen molar-refractivity contribution in [1.82, 2.24) is 14.8 Å². The largest absolute Gasteiger partial charge is 0.493 e. The molecule has 0 bridgehead atoms. The van der Waals surface area contributed by atoms with Crippen LogP contribution in [0.4, 0.5) is 0 Å². The highest BCUT2D eigenvalue weighted by Gasteiger charge is 2.18. The SMILES string of the molecule is CCCOc1ccc(-c2nnc3n2CCOC3)cc1OC. The van der Waals surface area contributed by atoms with E-state index >= 15 is 0 Å². The van der Waals surface area contributed by atoms with Crippen LogP contribution in [0.5, 0.6) is 11.5 Å². The molecule has 21 heavy (non-hydrogen) atoms. The molecule has 1 aromatic heterocycles. The molecule has 0 radical (unpaired) electrons. The van der Waals surface area contributed by atoms with E-state index in [-0.39, 0.29) is 0 Å². The number of fused-ring (bicyclic) bond motifs is 1. The normalized spacial score (nSPS) is 13.8. The highest BCUT2D eigenvalue weighted by molar-refractivity contribution is 5.61. The van der Waals surface area contributed by atoms with Gasteiger partial charge < -0.3 is 18.8 Å². The lowest BCUT2D eigenvalue weighted by Gasteiger charge is -2.16. The van der Waals surface area contributed by atoms with Crippen LogP contribution in [0.25, 0.3) is 11.4 Å². The molecule has 6 nitrogen and oxygen atoms in total. The molecule has 0 saturated heterocycles. The van der Waals surface area contributed by atoms with E-state index in [2.05, 4.69) is 21.7 Å². The third-order valence-corrected chi connectivity index (χ3v) is 3.40. The van der Waals surface area contributed by atoms with Gasteiger partial charge in [0.1, 0.15) is 6.61 Å². The fourth-order valence-corrected chi connectivity index (χ4v) is 2.35. The highest BCUT2D eigenvalue weighted by atomic mass is 16.5. The van der Waals surface area contributed by atoms with Crippen molar-refractivity contribution in [1.29, 1.82) is 0 Å². The predicted molar refractivity (Wildman–Crippen MR) is 77.5 cm³/mol. The number of hydrogen-bond acceptors (Lipinski definition) is 5. The summed E-state index contributed by atoms with van der Waals surface area (Å²) in [5.41, 5.74) is 0.969. The average molecular weight is 289 g/mol. The summed E-state index contributed by atoms with van der Waals surface area (Å²) >= 11 is 0. The van der Waals surface area contributed by atoms with Gasteiger partial charge in [-0.05, 0) is 24.6 Å². The molecule has 1 aromatic carbocycles. The Bertz CT molecular complexity index is 625. The van der Waals surface area contributed by atoms with Gasteiger partial charge in [-0.2, -0.15) is 0 Å². The Labute approximate surface area is 123 Å². The number of rotatable bonds is 5. The fourth-order valence-electron chi connectivity index (χ4n) is 2.35. The molecule has 0 saturated carbocycles. The minimum absolute atomic E-state index is 0.516. The first-order chi connectivity index (χ1) is 10.3. The first-order valence-corrected chi connectivity index (χ1v) is 7.14. The second-order valence-electron chi connectivity index (χ2n) is 4.86. The van der Waals surface area contributed by atoms with E-state index < -0.39 is 0 Å². The molecule has 2 aromatic rings. The van der Waals surface area contributed by atoms with E-state index in [4.69, 9.17) is 14.2 Å². The summed E-state index contributed by atoms with van der Waals surface area (Å²) in [5.74, 6) is 3.17. The van der Waals surface area contributed by atoms with Crippen molar-refractivity contribution < 1.29 is 14.2 Å². The average Bonchev–Trinajstić information content (AvgIpc) is 2.97. The molecule has 0 N–H and O–H groups in total. The number of hydrogen-bond donors (Lipinski definition) is 0. The molecule has 0 atom stereocenters. The van der Waals surface area contributed by atoms with Crippen molar-refractivity contribution in [3.05, 3.63) is 24.0 Å². The number of aromatic nitrogens is 3. The number of benzene rings is 1. The lowest BCUT2D eigenvalue weighted by atomic mass is 10.2. The summed E-state index contributed by atoms with van der Waals surface area (Å²) in [4.78, 5) is 0. The van der Waals surface area contributed by atoms with Gasteiger partial charge in [-0.25, -0.2) is 0 Å². The summed E-state index contributed by atoms with van der Waals surface area (Å²) in [7, 11) is 1.64. The van der Waals surface area contributed by atoms with Crippen LogP contribution in [0.2, 0.25) is 0 Å². The summed E-state index contributed by atoms with van der Waals surface area (Å²) < 4.78 is 18.6. The third kappa shape index (κ3) is 2.71. The second kappa shape index (κ2) is 6.13. The van der Waals surface area contributed by atoms with Crippen molar-refractivity contribution in [2.75, 3.05) is 20.3 Å². The van der Waals surface area contributed by atoms with Crippen molar-refractivity contribution in [3.63, 3.8) is 0 Å². The maximum atomic E-state index is 5.67. The standard InChI is InChI=1S/C15H19N3O3/c1-3-7-21-12-5-4-11(9-13(12)19-2)15-17-16-14-10-20-8-6-18(14)15/h4-5,9H,3,6-8,10H2,1-2H3. The predicted octanol–water partition coefficient (Wildman–Crippen LogP) is 2.27. The molecular weight excluding hydrogens is 270 g/mol. The van der Waals surface area contributed by atoms with Crippen LogP contribution < -0.4 is 9.47 Å². The van der Waals surface area contributed by atoms with Crippen molar-refractivity contribution in [2.24, 2.45) is 0 Å². The van der Waals surface area contributed by atoms with Gasteiger partial charge in [0, 0.05) is 12.1 Å². The molecule has 2 heterocycles. The molecule has 0 amide bonds. The van der Waals surface area contributed by atoms with E-state index in [0.717, 1.165) is 35.9 Å². The quantitative estimate of drug-likeness (QED) is 0.845. The number of methoxy groups -OCH3 is 1. The zero-order valence-corrected chi connectivity index (χ0v) is 12.3. The van der Waals surface area contributed by atoms with Gasteiger partial charge in [0.2, 0.25) is 0 Å². The van der Waals surface area contributed by atoms with Gasteiger partial charge in [0.15, 0.2) is 23.1 Å². The highest BCUT2D eigenvalue weighted by Crippen LogP contribution is 2.32. The van der Waals surface area contributed by atoms with Crippen molar-refractivity contribution in [2.45, 2.75) is 26.5 Å². The van der Waals surface area contributed by atoms with Crippen LogP contribution in [0.1, 0.15) is 19.2 Å². The number of nitrogens with zero attached hydrogens (tertiary/aromatic N) is 3. The monoisotopic (exact) mass is 289 g/mol. The fraction of sp³-hybridized carbons (Fsp3) is 0.467. The van der Waals surface area contributed by atoms with Gasteiger partial charge in [-0.15, -0.1) is 10.2 Å². The molecule has 1 aliphatic heterocycles. The Balaban J connectivity index is 1.94. The molecule has 6 heteroatoms. The van der Waals surface area contributed by atoms with Crippen LogP contribution in [0.3, 0.4) is 0 Å². The summed E-state index contributed by atoms with van der Waals surface area (Å²) in [6, 6.07) is 5.85. The zero-order chi connectivity index (χ0) is 14.7. The molecular formula is C15H19N3O3. The van der Waals surface area contributed by atoms with E-state index in [1.165, 1.54) is 0 Å². The molecule has 112 valence electrons. The van der Waals surface area contributed by atoms with Crippen LogP contribution in [-0.2, 0) is 17.9 Å². The van der Waals surface area contributed by atoms with Crippen molar-refractivity contribution >= 4 is 0 Å². The minimum atomic E-state index is 0.516. The van der Waals surface area contributed by atoms with E-state index in [1.54, 1.807) is 7.11 Å². The lowest BCUT2D eigenvalue weighted by Crippen LogP contribution is -2.17. The molecule has 3 rings (SSSR count). The second-order valence-corrected chi connectivity index (χ2v) is 4.86.